The maximum absolute atomic E-state index is 5.79. The summed E-state index contributed by atoms with van der Waals surface area (Å²) in [5.74, 6) is 1.15. The molecule has 0 amide bonds. The quantitative estimate of drug-likeness (QED) is 0.810. The maximum atomic E-state index is 5.79. The first kappa shape index (κ1) is 10.8. The van der Waals surface area contributed by atoms with E-state index in [-0.39, 0.29) is 0 Å². The third-order valence-electron chi connectivity index (χ3n) is 2.10. The van der Waals surface area contributed by atoms with E-state index >= 15 is 0 Å². The van der Waals surface area contributed by atoms with Crippen LogP contribution in [0.4, 0.5) is 5.69 Å². The molecular formula is C12H11ClN2O. The summed E-state index contributed by atoms with van der Waals surface area (Å²) in [6.07, 6.45) is 0. The van der Waals surface area contributed by atoms with Crippen LogP contribution < -0.4 is 10.5 Å². The summed E-state index contributed by atoms with van der Waals surface area (Å²) >= 11 is 5.79. The molecule has 0 aliphatic rings. The molecule has 0 bridgehead atoms. The van der Waals surface area contributed by atoms with Crippen molar-refractivity contribution >= 4 is 17.3 Å². The van der Waals surface area contributed by atoms with E-state index in [1.165, 1.54) is 0 Å². The number of hydrogen-bond donors (Lipinski definition) is 1. The number of anilines is 1. The number of para-hydroxylation sites is 1. The number of aryl methyl sites for hydroxylation is 1. The Labute approximate surface area is 98.8 Å². The van der Waals surface area contributed by atoms with Gasteiger partial charge in [-0.3, -0.25) is 0 Å². The van der Waals surface area contributed by atoms with Gasteiger partial charge in [0.15, 0.2) is 0 Å². The lowest BCUT2D eigenvalue weighted by Gasteiger charge is -2.08. The van der Waals surface area contributed by atoms with Crippen LogP contribution in [0.15, 0.2) is 36.4 Å². The van der Waals surface area contributed by atoms with Crippen molar-refractivity contribution in [1.82, 2.24) is 4.98 Å². The summed E-state index contributed by atoms with van der Waals surface area (Å²) in [5, 5.41) is 0.323. The average molecular weight is 235 g/mol. The SMILES string of the molecule is Cc1ccccc1Oc1cc(N)cc(Cl)n1. The number of hydrogen-bond acceptors (Lipinski definition) is 3. The minimum atomic E-state index is 0.323. The zero-order valence-corrected chi connectivity index (χ0v) is 9.53. The summed E-state index contributed by atoms with van der Waals surface area (Å²) < 4.78 is 5.60. The summed E-state index contributed by atoms with van der Waals surface area (Å²) in [6.45, 7) is 1.96. The van der Waals surface area contributed by atoms with Crippen LogP contribution in [0, 0.1) is 6.92 Å². The van der Waals surface area contributed by atoms with Gasteiger partial charge in [-0.05, 0) is 24.6 Å². The highest BCUT2D eigenvalue weighted by molar-refractivity contribution is 6.29. The molecule has 2 aromatic rings. The highest BCUT2D eigenvalue weighted by Gasteiger charge is 2.03. The van der Waals surface area contributed by atoms with Crippen molar-refractivity contribution < 1.29 is 4.74 Å². The molecule has 0 saturated heterocycles. The lowest BCUT2D eigenvalue weighted by atomic mass is 10.2. The molecule has 0 radical (unpaired) electrons. The van der Waals surface area contributed by atoms with Crippen LogP contribution >= 0.6 is 11.6 Å². The molecule has 2 N–H and O–H groups in total. The summed E-state index contributed by atoms with van der Waals surface area (Å²) in [6, 6.07) is 10.9. The first-order valence-corrected chi connectivity index (χ1v) is 5.19. The van der Waals surface area contributed by atoms with Gasteiger partial charge >= 0.3 is 0 Å². The second kappa shape index (κ2) is 4.41. The van der Waals surface area contributed by atoms with Crippen LogP contribution in [0.3, 0.4) is 0 Å². The van der Waals surface area contributed by atoms with Crippen LogP contribution in [0.5, 0.6) is 11.6 Å². The van der Waals surface area contributed by atoms with Gasteiger partial charge < -0.3 is 10.5 Å². The number of nitrogen functional groups attached to an aromatic ring is 1. The molecule has 0 atom stereocenters. The van der Waals surface area contributed by atoms with Crippen molar-refractivity contribution in [3.63, 3.8) is 0 Å². The fraction of sp³-hybridized carbons (Fsp3) is 0.0833. The van der Waals surface area contributed by atoms with Crippen LogP contribution in [0.2, 0.25) is 5.15 Å². The molecule has 1 aromatic carbocycles. The summed E-state index contributed by atoms with van der Waals surface area (Å²) in [7, 11) is 0. The van der Waals surface area contributed by atoms with E-state index in [0.717, 1.165) is 11.3 Å². The van der Waals surface area contributed by atoms with Gasteiger partial charge in [-0.1, -0.05) is 29.8 Å². The molecule has 0 aliphatic heterocycles. The number of nitrogens with zero attached hydrogens (tertiary/aromatic N) is 1. The first-order chi connectivity index (χ1) is 7.65. The molecule has 0 aliphatic carbocycles. The molecule has 0 spiro atoms. The Hall–Kier alpha value is -1.74. The monoisotopic (exact) mass is 234 g/mol. The van der Waals surface area contributed by atoms with E-state index < -0.39 is 0 Å². The number of rotatable bonds is 2. The molecule has 0 saturated carbocycles. The van der Waals surface area contributed by atoms with Crippen molar-refractivity contribution in [3.05, 3.63) is 47.1 Å². The molecule has 1 aromatic heterocycles. The lowest BCUT2D eigenvalue weighted by Crippen LogP contribution is -1.93. The Bertz CT molecular complexity index is 494. The second-order valence-electron chi connectivity index (χ2n) is 3.43. The summed E-state index contributed by atoms with van der Waals surface area (Å²) in [4.78, 5) is 4.03. The van der Waals surface area contributed by atoms with Gasteiger partial charge in [-0.15, -0.1) is 0 Å². The number of aromatic nitrogens is 1. The van der Waals surface area contributed by atoms with Gasteiger partial charge in [0.25, 0.3) is 0 Å². The fourth-order valence-electron chi connectivity index (χ4n) is 1.33. The zero-order valence-electron chi connectivity index (χ0n) is 8.77. The molecule has 82 valence electrons. The molecule has 3 nitrogen and oxygen atoms in total. The number of benzene rings is 1. The molecule has 2 rings (SSSR count). The Balaban J connectivity index is 2.30. The zero-order chi connectivity index (χ0) is 11.5. The fourth-order valence-corrected chi connectivity index (χ4v) is 1.54. The Morgan fingerprint density at radius 2 is 2.00 bits per heavy atom. The molecule has 16 heavy (non-hydrogen) atoms. The van der Waals surface area contributed by atoms with Crippen LogP contribution in [-0.2, 0) is 0 Å². The lowest BCUT2D eigenvalue weighted by molar-refractivity contribution is 0.460. The number of pyridine rings is 1. The molecule has 0 fully saturated rings. The van der Waals surface area contributed by atoms with Crippen molar-refractivity contribution in [2.24, 2.45) is 0 Å². The highest BCUT2D eigenvalue weighted by Crippen LogP contribution is 2.25. The van der Waals surface area contributed by atoms with Gasteiger partial charge in [0.05, 0.1) is 0 Å². The van der Waals surface area contributed by atoms with Crippen molar-refractivity contribution in [2.75, 3.05) is 5.73 Å². The largest absolute Gasteiger partial charge is 0.439 e. The normalized spacial score (nSPS) is 10.1. The predicted octanol–water partition coefficient (Wildman–Crippen LogP) is 3.42. The van der Waals surface area contributed by atoms with Crippen LogP contribution in [-0.4, -0.2) is 4.98 Å². The highest BCUT2D eigenvalue weighted by atomic mass is 35.5. The number of nitrogens with two attached hydrogens (primary N) is 1. The third kappa shape index (κ3) is 2.44. The third-order valence-corrected chi connectivity index (χ3v) is 2.29. The van der Waals surface area contributed by atoms with Crippen LogP contribution in [0.1, 0.15) is 5.56 Å². The molecular weight excluding hydrogens is 224 g/mol. The van der Waals surface area contributed by atoms with E-state index in [9.17, 15) is 0 Å². The minimum absolute atomic E-state index is 0.323. The molecule has 0 unspecified atom stereocenters. The predicted molar refractivity (Wildman–Crippen MR) is 64.9 cm³/mol. The number of ether oxygens (including phenoxy) is 1. The average Bonchev–Trinajstić information content (AvgIpc) is 2.20. The molecule has 4 heteroatoms. The van der Waals surface area contributed by atoms with Gasteiger partial charge in [0, 0.05) is 11.8 Å². The van der Waals surface area contributed by atoms with Gasteiger partial charge in [0.2, 0.25) is 5.88 Å². The summed E-state index contributed by atoms with van der Waals surface area (Å²) in [5.41, 5.74) is 7.21. The van der Waals surface area contributed by atoms with Crippen molar-refractivity contribution in [3.8, 4) is 11.6 Å². The van der Waals surface area contributed by atoms with E-state index in [1.54, 1.807) is 12.1 Å². The van der Waals surface area contributed by atoms with E-state index in [1.807, 2.05) is 31.2 Å². The van der Waals surface area contributed by atoms with E-state index in [2.05, 4.69) is 4.98 Å². The second-order valence-corrected chi connectivity index (χ2v) is 3.82. The maximum Gasteiger partial charge on any atom is 0.222 e. The van der Waals surface area contributed by atoms with Crippen LogP contribution in [0.25, 0.3) is 0 Å². The standard InChI is InChI=1S/C12H11ClN2O/c1-8-4-2-3-5-10(8)16-12-7-9(14)6-11(13)15-12/h2-7H,1H3,(H2,14,15). The minimum Gasteiger partial charge on any atom is -0.439 e. The van der Waals surface area contributed by atoms with Gasteiger partial charge in [0.1, 0.15) is 10.9 Å². The first-order valence-electron chi connectivity index (χ1n) is 4.82. The molecule has 1 heterocycles. The van der Waals surface area contributed by atoms with Crippen molar-refractivity contribution in [2.45, 2.75) is 6.92 Å². The number of halogens is 1. The smallest absolute Gasteiger partial charge is 0.222 e. The Morgan fingerprint density at radius 1 is 1.25 bits per heavy atom. The van der Waals surface area contributed by atoms with Gasteiger partial charge in [-0.2, -0.15) is 0 Å². The van der Waals surface area contributed by atoms with E-state index in [0.29, 0.717) is 16.7 Å². The van der Waals surface area contributed by atoms with Crippen molar-refractivity contribution in [1.29, 1.82) is 0 Å². The van der Waals surface area contributed by atoms with Gasteiger partial charge in [-0.25, -0.2) is 4.98 Å². The topological polar surface area (TPSA) is 48.1 Å². The Kier molecular flexibility index (Phi) is 2.97. The Morgan fingerprint density at radius 3 is 2.69 bits per heavy atom. The van der Waals surface area contributed by atoms with E-state index in [4.69, 9.17) is 22.1 Å².